The maximum atomic E-state index is 13.5. The van der Waals surface area contributed by atoms with Gasteiger partial charge in [0.25, 0.3) is 5.91 Å². The number of amides is 5. The molecule has 0 radical (unpaired) electrons. The van der Waals surface area contributed by atoms with Crippen molar-refractivity contribution in [2.24, 2.45) is 11.7 Å². The van der Waals surface area contributed by atoms with Gasteiger partial charge in [-0.2, -0.15) is 0 Å². The zero-order valence-electron chi connectivity index (χ0n) is 25.1. The summed E-state index contributed by atoms with van der Waals surface area (Å²) in [4.78, 5) is 52.9. The number of nitrogens with zero attached hydrogens (tertiary/aromatic N) is 1. The average molecular weight is 602 g/mol. The van der Waals surface area contributed by atoms with Gasteiger partial charge in [0, 0.05) is 19.3 Å². The lowest BCUT2D eigenvalue weighted by molar-refractivity contribution is -0.135. The second-order valence-corrected chi connectivity index (χ2v) is 11.1. The molecule has 0 fully saturated rings. The molecule has 4 rings (SSSR count). The number of carbonyl (C=O) groups is 4. The van der Waals surface area contributed by atoms with Gasteiger partial charge in [-0.1, -0.05) is 74.5 Å². The highest BCUT2D eigenvalue weighted by Crippen LogP contribution is 2.45. The molecule has 3 aromatic rings. The van der Waals surface area contributed by atoms with Crippen molar-refractivity contribution in [3.8, 4) is 11.1 Å². The minimum Gasteiger partial charge on any atom is -0.436 e. The van der Waals surface area contributed by atoms with Crippen molar-refractivity contribution in [2.45, 2.75) is 51.5 Å². The minimum atomic E-state index is -1.18. The Bertz CT molecular complexity index is 1450. The van der Waals surface area contributed by atoms with E-state index in [4.69, 9.17) is 10.5 Å². The topological polar surface area (TPSA) is 163 Å². The Balaban J connectivity index is 1.48. The number of fused-ring (bicyclic) bond motifs is 3. The van der Waals surface area contributed by atoms with E-state index in [1.165, 1.54) is 4.90 Å². The Morgan fingerprint density at radius 2 is 1.50 bits per heavy atom. The number of carbonyl (C=O) groups excluding carboxylic acids is 4. The predicted octanol–water partition coefficient (Wildman–Crippen LogP) is 3.91. The van der Waals surface area contributed by atoms with E-state index in [9.17, 15) is 24.3 Å². The number of anilines is 1. The van der Waals surface area contributed by atoms with Crippen LogP contribution in [0, 0.1) is 5.92 Å². The van der Waals surface area contributed by atoms with E-state index in [0.717, 1.165) is 22.3 Å². The number of rotatable bonds is 12. The molecule has 6 N–H and O–H groups in total. The molecule has 0 unspecified atom stereocenters. The van der Waals surface area contributed by atoms with Crippen molar-refractivity contribution < 1.29 is 29.0 Å². The maximum Gasteiger partial charge on any atom is 0.411 e. The number of hydrogen-bond acceptors (Lipinski definition) is 6. The molecule has 11 heteroatoms. The molecule has 11 nitrogen and oxygen atoms in total. The summed E-state index contributed by atoms with van der Waals surface area (Å²) >= 11 is 0. The van der Waals surface area contributed by atoms with Crippen LogP contribution in [0.1, 0.15) is 49.4 Å². The number of benzene rings is 3. The Hall–Kier alpha value is -4.90. The molecule has 0 aromatic heterocycles. The average Bonchev–Trinajstić information content (AvgIpc) is 3.35. The van der Waals surface area contributed by atoms with Crippen LogP contribution in [-0.2, 0) is 20.9 Å². The lowest BCUT2D eigenvalue weighted by Gasteiger charge is -2.30. The number of nitrogens with two attached hydrogens (primary N) is 1. The van der Waals surface area contributed by atoms with Crippen LogP contribution in [0.4, 0.5) is 15.3 Å². The molecule has 0 saturated heterocycles. The highest BCUT2D eigenvalue weighted by atomic mass is 16.6. The van der Waals surface area contributed by atoms with Crippen LogP contribution in [0.15, 0.2) is 72.8 Å². The van der Waals surface area contributed by atoms with Crippen LogP contribution in [0.3, 0.4) is 0 Å². The number of ether oxygens (including phenoxy) is 1. The van der Waals surface area contributed by atoms with Crippen LogP contribution >= 0.6 is 0 Å². The molecule has 2 atom stereocenters. The normalized spacial score (nSPS) is 13.3. The van der Waals surface area contributed by atoms with Crippen molar-refractivity contribution >= 4 is 29.6 Å². The quantitative estimate of drug-likeness (QED) is 0.198. The Morgan fingerprint density at radius 1 is 0.909 bits per heavy atom. The minimum absolute atomic E-state index is 0.135. The van der Waals surface area contributed by atoms with E-state index in [2.05, 4.69) is 16.0 Å². The highest BCUT2D eigenvalue weighted by Gasteiger charge is 2.37. The Kier molecular flexibility index (Phi) is 10.6. The number of urea groups is 1. The van der Waals surface area contributed by atoms with Gasteiger partial charge in [-0.05, 0) is 58.7 Å². The van der Waals surface area contributed by atoms with Gasteiger partial charge >= 0.3 is 12.1 Å². The molecule has 0 saturated carbocycles. The number of aliphatic hydroxyl groups is 1. The lowest BCUT2D eigenvalue weighted by Crippen LogP contribution is -2.51. The zero-order valence-corrected chi connectivity index (χ0v) is 25.1. The van der Waals surface area contributed by atoms with E-state index in [0.29, 0.717) is 17.7 Å². The van der Waals surface area contributed by atoms with Crippen LogP contribution in [-0.4, -0.2) is 59.7 Å². The van der Waals surface area contributed by atoms with E-state index in [1.54, 1.807) is 45.2 Å². The fraction of sp³-hybridized carbons (Fsp3) is 0.333. The first kappa shape index (κ1) is 32.0. The number of aliphatic hydroxyl groups excluding tert-OH is 1. The molecule has 0 heterocycles. The van der Waals surface area contributed by atoms with Gasteiger partial charge in [-0.25, -0.2) is 9.59 Å². The fourth-order valence-electron chi connectivity index (χ4n) is 5.30. The summed E-state index contributed by atoms with van der Waals surface area (Å²) in [6.45, 7) is 3.58. The predicted molar refractivity (Wildman–Crippen MR) is 166 cm³/mol. The molecule has 232 valence electrons. The van der Waals surface area contributed by atoms with E-state index in [-0.39, 0.29) is 25.6 Å². The molecule has 5 amide bonds. The molecular weight excluding hydrogens is 562 g/mol. The Morgan fingerprint density at radius 3 is 2.05 bits per heavy atom. The summed E-state index contributed by atoms with van der Waals surface area (Å²) in [6.07, 6.45) is -1.33. The van der Waals surface area contributed by atoms with Gasteiger partial charge in [-0.3, -0.25) is 9.59 Å². The van der Waals surface area contributed by atoms with Crippen LogP contribution < -0.4 is 21.7 Å². The third-order valence-electron chi connectivity index (χ3n) is 7.57. The summed E-state index contributed by atoms with van der Waals surface area (Å²) in [6, 6.07) is 20.3. The number of primary amides is 1. The van der Waals surface area contributed by atoms with E-state index in [1.807, 2.05) is 48.5 Å². The standard InChI is InChI=1S/C33H39N5O6/c1-20(2)29(44-33(43)38(3)28-25-11-6-4-9-23(25)24-10-5-7-12-26(24)28)31(41)37-27(13-8-18-35-32(34)42)30(40)36-22-16-14-21(19-39)15-17-22/h4-7,9-12,14-17,20,27-29,39H,8,13,18-19H2,1-3H3,(H,36,40)(H,37,41)(H3,34,35,42)/t27-,29-/m0/s1. The van der Waals surface area contributed by atoms with Crippen molar-refractivity contribution in [1.82, 2.24) is 15.5 Å². The molecule has 0 spiro atoms. The van der Waals surface area contributed by atoms with Crippen molar-refractivity contribution in [1.29, 1.82) is 0 Å². The van der Waals surface area contributed by atoms with Gasteiger partial charge in [0.15, 0.2) is 6.10 Å². The van der Waals surface area contributed by atoms with Gasteiger partial charge in [-0.15, -0.1) is 0 Å². The summed E-state index contributed by atoms with van der Waals surface area (Å²) < 4.78 is 5.81. The van der Waals surface area contributed by atoms with Crippen LogP contribution in [0.25, 0.3) is 11.1 Å². The number of hydrogen-bond donors (Lipinski definition) is 5. The second-order valence-electron chi connectivity index (χ2n) is 11.1. The largest absolute Gasteiger partial charge is 0.436 e. The summed E-state index contributed by atoms with van der Waals surface area (Å²) in [5.74, 6) is -1.51. The second kappa shape index (κ2) is 14.5. The first-order valence-corrected chi connectivity index (χ1v) is 14.6. The van der Waals surface area contributed by atoms with E-state index >= 15 is 0 Å². The monoisotopic (exact) mass is 601 g/mol. The Labute approximate surface area is 256 Å². The van der Waals surface area contributed by atoms with E-state index < -0.39 is 42.0 Å². The molecule has 3 aromatic carbocycles. The molecule has 44 heavy (non-hydrogen) atoms. The zero-order chi connectivity index (χ0) is 31.8. The summed E-state index contributed by atoms with van der Waals surface area (Å²) in [5.41, 5.74) is 10.3. The summed E-state index contributed by atoms with van der Waals surface area (Å²) in [5, 5.41) is 17.3. The first-order chi connectivity index (χ1) is 21.1. The first-order valence-electron chi connectivity index (χ1n) is 14.6. The molecule has 1 aliphatic rings. The fourth-order valence-corrected chi connectivity index (χ4v) is 5.30. The van der Waals surface area contributed by atoms with Gasteiger partial charge in [0.2, 0.25) is 5.91 Å². The lowest BCUT2D eigenvalue weighted by atomic mass is 10.0. The van der Waals surface area contributed by atoms with Crippen LogP contribution in [0.5, 0.6) is 0 Å². The highest BCUT2D eigenvalue weighted by molar-refractivity contribution is 5.98. The molecule has 1 aliphatic carbocycles. The van der Waals surface area contributed by atoms with Gasteiger partial charge in [0.1, 0.15) is 6.04 Å². The van der Waals surface area contributed by atoms with Gasteiger partial charge in [0.05, 0.1) is 12.6 Å². The smallest absolute Gasteiger partial charge is 0.411 e. The third-order valence-corrected chi connectivity index (χ3v) is 7.57. The van der Waals surface area contributed by atoms with Gasteiger partial charge < -0.3 is 36.4 Å². The third kappa shape index (κ3) is 7.54. The molecular formula is C33H39N5O6. The number of nitrogens with one attached hydrogen (secondary N) is 3. The molecule has 0 aliphatic heterocycles. The van der Waals surface area contributed by atoms with Crippen molar-refractivity contribution in [3.63, 3.8) is 0 Å². The SMILES string of the molecule is CC(C)[C@H](OC(=O)N(C)C1c2ccccc2-c2ccccc21)C(=O)N[C@@H](CCCNC(N)=O)C(=O)Nc1ccc(CO)cc1. The van der Waals surface area contributed by atoms with Crippen LogP contribution in [0.2, 0.25) is 0 Å². The maximum absolute atomic E-state index is 13.5. The molecule has 0 bridgehead atoms. The summed E-state index contributed by atoms with van der Waals surface area (Å²) in [7, 11) is 1.64. The van der Waals surface area contributed by atoms with Crippen molar-refractivity contribution in [3.05, 3.63) is 89.5 Å². The van der Waals surface area contributed by atoms with Crippen molar-refractivity contribution in [2.75, 3.05) is 18.9 Å².